The smallest absolute Gasteiger partial charge is 0.269 e. The number of nitrogens with zero attached hydrogens (tertiary/aromatic N) is 3. The second-order valence-electron chi connectivity index (χ2n) is 4.63. The summed E-state index contributed by atoms with van der Waals surface area (Å²) in [6.07, 6.45) is 2.49. The first-order valence-corrected chi connectivity index (χ1v) is 6.82. The van der Waals surface area contributed by atoms with Gasteiger partial charge in [0.25, 0.3) is 5.69 Å². The van der Waals surface area contributed by atoms with Crippen molar-refractivity contribution in [2.45, 2.75) is 13.0 Å². The summed E-state index contributed by atoms with van der Waals surface area (Å²) in [7, 11) is 0. The largest absolute Gasteiger partial charge is 0.370 e. The first-order valence-electron chi connectivity index (χ1n) is 6.82. The second kappa shape index (κ2) is 9.72. The average Bonchev–Trinajstić information content (AvgIpc) is 2.54. The predicted molar refractivity (Wildman–Crippen MR) is 99.8 cm³/mol. The molecule has 0 unspecified atom stereocenters. The highest BCUT2D eigenvalue weighted by molar-refractivity contribution is 14.0. The molecule has 1 aromatic carbocycles. The van der Waals surface area contributed by atoms with E-state index in [0.717, 1.165) is 17.7 Å². The van der Waals surface area contributed by atoms with Crippen molar-refractivity contribution in [2.24, 2.45) is 10.7 Å². The van der Waals surface area contributed by atoms with Gasteiger partial charge in [-0.1, -0.05) is 18.2 Å². The number of hydrogen-bond acceptors (Lipinski definition) is 4. The van der Waals surface area contributed by atoms with Crippen LogP contribution in [0.3, 0.4) is 0 Å². The molecule has 23 heavy (non-hydrogen) atoms. The van der Waals surface area contributed by atoms with Gasteiger partial charge in [-0.15, -0.1) is 24.0 Å². The second-order valence-corrected chi connectivity index (χ2v) is 4.63. The van der Waals surface area contributed by atoms with Crippen molar-refractivity contribution >= 4 is 35.6 Å². The molecule has 0 atom stereocenters. The Bertz CT molecular complexity index is 664. The zero-order valence-corrected chi connectivity index (χ0v) is 14.7. The zero-order chi connectivity index (χ0) is 15.8. The van der Waals surface area contributed by atoms with E-state index >= 15 is 0 Å². The summed E-state index contributed by atoms with van der Waals surface area (Å²) in [4.78, 5) is 18.6. The Morgan fingerprint density at radius 1 is 1.30 bits per heavy atom. The lowest BCUT2D eigenvalue weighted by molar-refractivity contribution is -0.384. The van der Waals surface area contributed by atoms with Crippen LogP contribution < -0.4 is 11.1 Å². The maximum atomic E-state index is 10.7. The van der Waals surface area contributed by atoms with Gasteiger partial charge >= 0.3 is 0 Å². The fraction of sp³-hybridized carbons (Fsp3) is 0.200. The molecule has 122 valence electrons. The van der Waals surface area contributed by atoms with Crippen molar-refractivity contribution in [2.75, 3.05) is 6.54 Å². The van der Waals surface area contributed by atoms with Crippen LogP contribution in [0.1, 0.15) is 11.3 Å². The fourth-order valence-electron chi connectivity index (χ4n) is 1.87. The number of nitrogens with two attached hydrogens (primary N) is 1. The SMILES string of the molecule is I.NC(=NCc1cccc([N+](=O)[O-])c1)NCCc1ccccn1. The molecule has 3 N–H and O–H groups in total. The molecular formula is C15H18IN5O2. The summed E-state index contributed by atoms with van der Waals surface area (Å²) in [6, 6.07) is 12.1. The van der Waals surface area contributed by atoms with Gasteiger partial charge in [-0.2, -0.15) is 0 Å². The van der Waals surface area contributed by atoms with Gasteiger partial charge < -0.3 is 11.1 Å². The molecule has 0 aliphatic rings. The van der Waals surface area contributed by atoms with Crippen LogP contribution in [0.15, 0.2) is 53.7 Å². The Labute approximate surface area is 151 Å². The summed E-state index contributed by atoms with van der Waals surface area (Å²) in [5.74, 6) is 0.308. The van der Waals surface area contributed by atoms with Crippen molar-refractivity contribution in [1.29, 1.82) is 0 Å². The van der Waals surface area contributed by atoms with E-state index in [-0.39, 0.29) is 29.7 Å². The van der Waals surface area contributed by atoms with Crippen LogP contribution in [0.25, 0.3) is 0 Å². The maximum absolute atomic E-state index is 10.7. The molecule has 0 radical (unpaired) electrons. The summed E-state index contributed by atoms with van der Waals surface area (Å²) in [5.41, 5.74) is 7.53. The lowest BCUT2D eigenvalue weighted by atomic mass is 10.2. The third-order valence-electron chi connectivity index (χ3n) is 2.97. The number of rotatable bonds is 6. The van der Waals surface area contributed by atoms with E-state index in [1.54, 1.807) is 18.3 Å². The standard InChI is InChI=1S/C15H17N5O2.HI/c16-15(18-9-7-13-5-1-2-8-17-13)19-11-12-4-3-6-14(10-12)20(21)22;/h1-6,8,10H,7,9,11H2,(H3,16,18,19);1H. The number of benzene rings is 1. The molecule has 2 rings (SSSR count). The number of nitro benzene ring substituents is 1. The number of hydrogen-bond donors (Lipinski definition) is 2. The fourth-order valence-corrected chi connectivity index (χ4v) is 1.87. The Hall–Kier alpha value is -2.23. The highest BCUT2D eigenvalue weighted by Gasteiger charge is 2.05. The topological polar surface area (TPSA) is 106 Å². The summed E-state index contributed by atoms with van der Waals surface area (Å²) in [6.45, 7) is 0.922. The van der Waals surface area contributed by atoms with Gasteiger partial charge in [0.15, 0.2) is 5.96 Å². The minimum Gasteiger partial charge on any atom is -0.370 e. The van der Waals surface area contributed by atoms with E-state index < -0.39 is 4.92 Å². The Kier molecular flexibility index (Phi) is 7.95. The van der Waals surface area contributed by atoms with E-state index in [1.807, 2.05) is 18.2 Å². The molecular weight excluding hydrogens is 409 g/mol. The van der Waals surface area contributed by atoms with Crippen LogP contribution in [0.5, 0.6) is 0 Å². The van der Waals surface area contributed by atoms with Crippen LogP contribution in [-0.4, -0.2) is 22.4 Å². The lowest BCUT2D eigenvalue weighted by Crippen LogP contribution is -2.33. The highest BCUT2D eigenvalue weighted by Crippen LogP contribution is 2.13. The number of aliphatic imine (C=N–C) groups is 1. The lowest BCUT2D eigenvalue weighted by Gasteiger charge is -2.05. The Morgan fingerprint density at radius 3 is 2.83 bits per heavy atom. The van der Waals surface area contributed by atoms with E-state index in [9.17, 15) is 10.1 Å². The first kappa shape index (κ1) is 18.8. The van der Waals surface area contributed by atoms with E-state index in [2.05, 4.69) is 15.3 Å². The Balaban J connectivity index is 0.00000264. The van der Waals surface area contributed by atoms with Crippen molar-refractivity contribution in [3.63, 3.8) is 0 Å². The number of pyridine rings is 1. The molecule has 0 saturated carbocycles. The molecule has 0 aliphatic carbocycles. The molecule has 8 heteroatoms. The van der Waals surface area contributed by atoms with E-state index in [0.29, 0.717) is 19.0 Å². The van der Waals surface area contributed by atoms with E-state index in [1.165, 1.54) is 12.1 Å². The summed E-state index contributed by atoms with van der Waals surface area (Å²) in [5, 5.41) is 13.7. The number of non-ortho nitro benzene ring substituents is 1. The quantitative estimate of drug-likeness (QED) is 0.242. The Morgan fingerprint density at radius 2 is 2.13 bits per heavy atom. The average molecular weight is 427 g/mol. The molecule has 0 fully saturated rings. The number of guanidine groups is 1. The molecule has 0 saturated heterocycles. The zero-order valence-electron chi connectivity index (χ0n) is 12.4. The third-order valence-corrected chi connectivity index (χ3v) is 2.97. The van der Waals surface area contributed by atoms with E-state index in [4.69, 9.17) is 5.73 Å². The van der Waals surface area contributed by atoms with Crippen molar-refractivity contribution in [1.82, 2.24) is 10.3 Å². The first-order chi connectivity index (χ1) is 10.6. The van der Waals surface area contributed by atoms with Crippen LogP contribution in [-0.2, 0) is 13.0 Å². The van der Waals surface area contributed by atoms with Crippen molar-refractivity contribution in [3.05, 3.63) is 70.0 Å². The monoisotopic (exact) mass is 427 g/mol. The summed E-state index contributed by atoms with van der Waals surface area (Å²) < 4.78 is 0. The van der Waals surface area contributed by atoms with Crippen molar-refractivity contribution < 1.29 is 4.92 Å². The third kappa shape index (κ3) is 6.59. The maximum Gasteiger partial charge on any atom is 0.269 e. The number of nitro groups is 1. The summed E-state index contributed by atoms with van der Waals surface area (Å²) >= 11 is 0. The molecule has 2 aromatic rings. The van der Waals surface area contributed by atoms with Gasteiger partial charge in [0, 0.05) is 37.0 Å². The highest BCUT2D eigenvalue weighted by atomic mass is 127. The van der Waals surface area contributed by atoms with Gasteiger partial charge in [0.2, 0.25) is 0 Å². The minimum absolute atomic E-state index is 0. The molecule has 1 heterocycles. The number of aromatic nitrogens is 1. The molecule has 0 aliphatic heterocycles. The molecule has 0 spiro atoms. The molecule has 0 bridgehead atoms. The van der Waals surface area contributed by atoms with Gasteiger partial charge in [-0.25, -0.2) is 4.99 Å². The number of nitrogens with one attached hydrogen (secondary N) is 1. The molecule has 1 aromatic heterocycles. The van der Waals surface area contributed by atoms with Gasteiger partial charge in [0.05, 0.1) is 11.5 Å². The van der Waals surface area contributed by atoms with Crippen LogP contribution in [0.4, 0.5) is 5.69 Å². The molecule has 0 amide bonds. The van der Waals surface area contributed by atoms with Crippen molar-refractivity contribution in [3.8, 4) is 0 Å². The van der Waals surface area contributed by atoms with Gasteiger partial charge in [-0.3, -0.25) is 15.1 Å². The van der Waals surface area contributed by atoms with Gasteiger partial charge in [0.1, 0.15) is 0 Å². The molecule has 7 nitrogen and oxygen atoms in total. The number of halogens is 1. The van der Waals surface area contributed by atoms with Crippen LogP contribution in [0, 0.1) is 10.1 Å². The minimum atomic E-state index is -0.429. The normalized spacial score (nSPS) is 10.7. The predicted octanol–water partition coefficient (Wildman–Crippen LogP) is 2.25. The van der Waals surface area contributed by atoms with Crippen LogP contribution in [0.2, 0.25) is 0 Å². The van der Waals surface area contributed by atoms with Crippen LogP contribution >= 0.6 is 24.0 Å². The van der Waals surface area contributed by atoms with Gasteiger partial charge in [-0.05, 0) is 17.7 Å².